The van der Waals surface area contributed by atoms with Crippen molar-refractivity contribution in [2.75, 3.05) is 0 Å². The van der Waals surface area contributed by atoms with Gasteiger partial charge in [-0.25, -0.2) is 9.97 Å². The summed E-state index contributed by atoms with van der Waals surface area (Å²) in [7, 11) is 0. The summed E-state index contributed by atoms with van der Waals surface area (Å²) < 4.78 is 5.75. The van der Waals surface area contributed by atoms with E-state index in [9.17, 15) is 0 Å². The molecular weight excluding hydrogens is 304 g/mol. The van der Waals surface area contributed by atoms with E-state index in [0.29, 0.717) is 16.7 Å². The number of pyridine rings is 1. The van der Waals surface area contributed by atoms with E-state index in [1.54, 1.807) is 18.0 Å². The molecule has 2 heterocycles. The predicted octanol–water partition coefficient (Wildman–Crippen LogP) is 4.99. The van der Waals surface area contributed by atoms with Gasteiger partial charge in [0.2, 0.25) is 5.89 Å². The molecule has 0 radical (unpaired) electrons. The van der Waals surface area contributed by atoms with E-state index in [-0.39, 0.29) is 0 Å². The second-order valence-electron chi connectivity index (χ2n) is 4.59. The fourth-order valence-corrected chi connectivity index (χ4v) is 2.62. The van der Waals surface area contributed by atoms with E-state index in [4.69, 9.17) is 16.0 Å². The van der Waals surface area contributed by atoms with Crippen LogP contribution in [0.2, 0.25) is 5.02 Å². The molecule has 0 N–H and O–H groups in total. The first-order valence-corrected chi connectivity index (χ1v) is 7.83. The van der Waals surface area contributed by atoms with E-state index in [2.05, 4.69) is 9.97 Å². The van der Waals surface area contributed by atoms with Crippen molar-refractivity contribution in [2.45, 2.75) is 17.7 Å². The molecule has 106 valence electrons. The molecule has 0 saturated heterocycles. The lowest BCUT2D eigenvalue weighted by molar-refractivity contribution is 0.530. The van der Waals surface area contributed by atoms with Crippen molar-refractivity contribution < 1.29 is 4.42 Å². The lowest BCUT2D eigenvalue weighted by Gasteiger charge is -1.99. The number of hydrogen-bond acceptors (Lipinski definition) is 4. The second kappa shape index (κ2) is 6.33. The molecular formula is C16H13ClN2OS. The lowest BCUT2D eigenvalue weighted by atomic mass is 10.2. The van der Waals surface area contributed by atoms with Crippen LogP contribution in [0.3, 0.4) is 0 Å². The minimum Gasteiger partial charge on any atom is -0.440 e. The molecule has 3 aromatic rings. The third-order valence-electron chi connectivity index (χ3n) is 2.91. The van der Waals surface area contributed by atoms with Gasteiger partial charge in [-0.05, 0) is 42.8 Å². The number of hydrogen-bond donors (Lipinski definition) is 0. The van der Waals surface area contributed by atoms with Crippen LogP contribution in [0.15, 0.2) is 58.2 Å². The molecule has 0 atom stereocenters. The summed E-state index contributed by atoms with van der Waals surface area (Å²) in [5, 5.41) is 1.67. The van der Waals surface area contributed by atoms with Gasteiger partial charge in [-0.2, -0.15) is 0 Å². The highest BCUT2D eigenvalue weighted by molar-refractivity contribution is 7.98. The first-order valence-electron chi connectivity index (χ1n) is 6.47. The van der Waals surface area contributed by atoms with Gasteiger partial charge in [0.1, 0.15) is 0 Å². The van der Waals surface area contributed by atoms with Crippen molar-refractivity contribution in [1.29, 1.82) is 0 Å². The molecule has 0 saturated carbocycles. The van der Waals surface area contributed by atoms with Gasteiger partial charge in [-0.1, -0.05) is 29.4 Å². The van der Waals surface area contributed by atoms with E-state index in [1.807, 2.05) is 49.5 Å². The van der Waals surface area contributed by atoms with Gasteiger partial charge in [0, 0.05) is 16.8 Å². The van der Waals surface area contributed by atoms with Crippen LogP contribution in [0.1, 0.15) is 11.5 Å². The molecule has 0 aliphatic carbocycles. The maximum absolute atomic E-state index is 5.88. The average Bonchev–Trinajstić information content (AvgIpc) is 2.96. The Balaban J connectivity index is 1.67. The minimum absolute atomic E-state index is 0.656. The monoisotopic (exact) mass is 316 g/mol. The maximum Gasteiger partial charge on any atom is 0.205 e. The fourth-order valence-electron chi connectivity index (χ4n) is 1.80. The molecule has 0 bridgehead atoms. The molecule has 0 fully saturated rings. The second-order valence-corrected chi connectivity index (χ2v) is 6.02. The van der Waals surface area contributed by atoms with Crippen LogP contribution in [0, 0.1) is 6.92 Å². The van der Waals surface area contributed by atoms with Crippen LogP contribution in [-0.4, -0.2) is 9.97 Å². The SMILES string of the molecule is Cc1ccc(SCc2ncc(-c3ccc(Cl)cc3)o2)nc1. The first-order chi connectivity index (χ1) is 10.2. The van der Waals surface area contributed by atoms with Gasteiger partial charge in [0.25, 0.3) is 0 Å². The van der Waals surface area contributed by atoms with Crippen molar-refractivity contribution in [1.82, 2.24) is 9.97 Å². The van der Waals surface area contributed by atoms with Crippen LogP contribution in [0.5, 0.6) is 0 Å². The van der Waals surface area contributed by atoms with Crippen LogP contribution in [0.25, 0.3) is 11.3 Å². The summed E-state index contributed by atoms with van der Waals surface area (Å²) in [5.74, 6) is 2.09. The van der Waals surface area contributed by atoms with Crippen molar-refractivity contribution in [3.8, 4) is 11.3 Å². The molecule has 0 spiro atoms. The Hall–Kier alpha value is -1.78. The van der Waals surface area contributed by atoms with Crippen molar-refractivity contribution in [2.24, 2.45) is 0 Å². The van der Waals surface area contributed by atoms with Crippen molar-refractivity contribution in [3.05, 3.63) is 65.3 Å². The number of thioether (sulfide) groups is 1. The summed E-state index contributed by atoms with van der Waals surface area (Å²) in [4.78, 5) is 8.65. The maximum atomic E-state index is 5.88. The van der Waals surface area contributed by atoms with Gasteiger partial charge in [-0.3, -0.25) is 0 Å². The molecule has 0 unspecified atom stereocenters. The number of benzene rings is 1. The zero-order chi connectivity index (χ0) is 14.7. The Morgan fingerprint density at radius 3 is 2.57 bits per heavy atom. The fraction of sp³-hybridized carbons (Fsp3) is 0.125. The summed E-state index contributed by atoms with van der Waals surface area (Å²) in [6.45, 7) is 2.02. The number of aryl methyl sites for hydroxylation is 1. The number of oxazole rings is 1. The Morgan fingerprint density at radius 1 is 1.05 bits per heavy atom. The zero-order valence-electron chi connectivity index (χ0n) is 11.4. The molecule has 21 heavy (non-hydrogen) atoms. The molecule has 5 heteroatoms. The van der Waals surface area contributed by atoms with Crippen LogP contribution in [-0.2, 0) is 5.75 Å². The summed E-state index contributed by atoms with van der Waals surface area (Å²) in [5.41, 5.74) is 2.12. The normalized spacial score (nSPS) is 10.8. The lowest BCUT2D eigenvalue weighted by Crippen LogP contribution is -1.83. The molecule has 3 rings (SSSR count). The molecule has 2 aromatic heterocycles. The average molecular weight is 317 g/mol. The van der Waals surface area contributed by atoms with E-state index in [1.165, 1.54) is 0 Å². The van der Waals surface area contributed by atoms with Crippen molar-refractivity contribution in [3.63, 3.8) is 0 Å². The van der Waals surface area contributed by atoms with Gasteiger partial charge in [0.15, 0.2) is 5.76 Å². The Morgan fingerprint density at radius 2 is 1.86 bits per heavy atom. The largest absolute Gasteiger partial charge is 0.440 e. The summed E-state index contributed by atoms with van der Waals surface area (Å²) >= 11 is 7.48. The van der Waals surface area contributed by atoms with Crippen LogP contribution >= 0.6 is 23.4 Å². The number of aromatic nitrogens is 2. The predicted molar refractivity (Wildman–Crippen MR) is 85.5 cm³/mol. The minimum atomic E-state index is 0.656. The van der Waals surface area contributed by atoms with Gasteiger partial charge >= 0.3 is 0 Å². The van der Waals surface area contributed by atoms with Gasteiger partial charge in [0.05, 0.1) is 17.0 Å². The quantitative estimate of drug-likeness (QED) is 0.636. The third-order valence-corrected chi connectivity index (χ3v) is 4.09. The summed E-state index contributed by atoms with van der Waals surface area (Å²) in [6.07, 6.45) is 3.60. The highest BCUT2D eigenvalue weighted by Gasteiger charge is 2.07. The molecule has 0 aliphatic rings. The smallest absolute Gasteiger partial charge is 0.205 e. The molecule has 1 aromatic carbocycles. The van der Waals surface area contributed by atoms with Gasteiger partial charge in [-0.15, -0.1) is 0 Å². The molecule has 3 nitrogen and oxygen atoms in total. The standard InChI is InChI=1S/C16H13ClN2OS/c1-11-2-7-16(19-8-11)21-10-15-18-9-14(20-15)12-3-5-13(17)6-4-12/h2-9H,10H2,1H3. The van der Waals surface area contributed by atoms with E-state index in [0.717, 1.165) is 21.9 Å². The topological polar surface area (TPSA) is 38.9 Å². The number of rotatable bonds is 4. The molecule has 0 amide bonds. The third kappa shape index (κ3) is 3.65. The van der Waals surface area contributed by atoms with E-state index >= 15 is 0 Å². The van der Waals surface area contributed by atoms with Crippen LogP contribution < -0.4 is 0 Å². The van der Waals surface area contributed by atoms with Crippen molar-refractivity contribution >= 4 is 23.4 Å². The highest BCUT2D eigenvalue weighted by Crippen LogP contribution is 2.25. The number of halogens is 1. The summed E-state index contributed by atoms with van der Waals surface area (Å²) in [6, 6.07) is 11.6. The highest BCUT2D eigenvalue weighted by atomic mass is 35.5. The number of nitrogens with zero attached hydrogens (tertiary/aromatic N) is 2. The Kier molecular flexibility index (Phi) is 4.27. The van der Waals surface area contributed by atoms with Gasteiger partial charge < -0.3 is 4.42 Å². The van der Waals surface area contributed by atoms with E-state index < -0.39 is 0 Å². The first kappa shape index (κ1) is 14.2. The Bertz CT molecular complexity index is 723. The molecule has 0 aliphatic heterocycles. The van der Waals surface area contributed by atoms with Crippen LogP contribution in [0.4, 0.5) is 0 Å². The Labute approximate surface area is 132 Å². The zero-order valence-corrected chi connectivity index (χ0v) is 13.0.